The summed E-state index contributed by atoms with van der Waals surface area (Å²) in [6, 6.07) is 3.20. The van der Waals surface area contributed by atoms with Gasteiger partial charge in [-0.3, -0.25) is 5.43 Å². The van der Waals surface area contributed by atoms with E-state index in [4.69, 9.17) is 21.7 Å². The molecule has 1 aromatic rings. The molecule has 0 saturated heterocycles. The van der Waals surface area contributed by atoms with Gasteiger partial charge >= 0.3 is 0 Å². The van der Waals surface area contributed by atoms with Gasteiger partial charge in [0.2, 0.25) is 0 Å². The Bertz CT molecular complexity index is 497. The van der Waals surface area contributed by atoms with Crippen LogP contribution in [0.2, 0.25) is 0 Å². The number of hydrogen-bond donors (Lipinski definition) is 3. The lowest BCUT2D eigenvalue weighted by atomic mass is 10.2. The van der Waals surface area contributed by atoms with Crippen molar-refractivity contribution in [3.63, 3.8) is 0 Å². The molecule has 110 valence electrons. The minimum atomic E-state index is 0.0398. The zero-order valence-corrected chi connectivity index (χ0v) is 13.5. The predicted molar refractivity (Wildman–Crippen MR) is 85.6 cm³/mol. The molecule has 0 spiro atoms. The van der Waals surface area contributed by atoms with Crippen molar-refractivity contribution in [2.45, 2.75) is 0 Å². The number of phenols is 1. The number of benzene rings is 1. The van der Waals surface area contributed by atoms with Gasteiger partial charge in [-0.2, -0.15) is 5.10 Å². The average molecular weight is 362 g/mol. The molecule has 0 fully saturated rings. The highest BCUT2D eigenvalue weighted by Crippen LogP contribution is 2.31. The first kappa shape index (κ1) is 16.7. The van der Waals surface area contributed by atoms with Crippen LogP contribution in [-0.2, 0) is 4.74 Å². The monoisotopic (exact) mass is 361 g/mol. The normalized spacial score (nSPS) is 10.6. The van der Waals surface area contributed by atoms with Crippen molar-refractivity contribution in [2.75, 3.05) is 27.4 Å². The number of ether oxygens (including phenoxy) is 2. The van der Waals surface area contributed by atoms with Crippen LogP contribution in [0.3, 0.4) is 0 Å². The number of rotatable bonds is 6. The number of hydrazone groups is 1. The molecule has 0 atom stereocenters. The third-order valence-corrected chi connectivity index (χ3v) is 3.18. The maximum Gasteiger partial charge on any atom is 0.187 e. The Kier molecular flexibility index (Phi) is 7.27. The van der Waals surface area contributed by atoms with Crippen LogP contribution in [0, 0.1) is 0 Å². The van der Waals surface area contributed by atoms with Crippen molar-refractivity contribution >= 4 is 39.5 Å². The SMILES string of the molecule is COCCNC(=S)N/N=C\c1cc(O)c(OC)cc1Br. The molecule has 8 heteroatoms. The number of hydrogen-bond acceptors (Lipinski definition) is 5. The predicted octanol–water partition coefficient (Wildman–Crippen LogP) is 1.61. The van der Waals surface area contributed by atoms with E-state index >= 15 is 0 Å². The van der Waals surface area contributed by atoms with Crippen LogP contribution in [-0.4, -0.2) is 43.8 Å². The molecule has 0 aliphatic rings. The van der Waals surface area contributed by atoms with Gasteiger partial charge in [0, 0.05) is 23.7 Å². The standard InChI is InChI=1S/C12H16BrN3O3S/c1-18-4-3-14-12(20)16-15-7-8-5-10(17)11(19-2)6-9(8)13/h5-7,17H,3-4H2,1-2H3,(H2,14,16,20)/b15-7-. The number of aromatic hydroxyl groups is 1. The Balaban J connectivity index is 2.58. The molecule has 0 aromatic heterocycles. The van der Waals surface area contributed by atoms with Crippen molar-refractivity contribution in [1.29, 1.82) is 0 Å². The molecule has 1 aromatic carbocycles. The zero-order chi connectivity index (χ0) is 15.0. The molecule has 20 heavy (non-hydrogen) atoms. The van der Waals surface area contributed by atoms with Crippen LogP contribution in [0.4, 0.5) is 0 Å². The highest BCUT2D eigenvalue weighted by molar-refractivity contribution is 9.10. The van der Waals surface area contributed by atoms with Crippen LogP contribution in [0.5, 0.6) is 11.5 Å². The largest absolute Gasteiger partial charge is 0.504 e. The summed E-state index contributed by atoms with van der Waals surface area (Å²) in [6.45, 7) is 1.16. The Hall–Kier alpha value is -1.38. The number of methoxy groups -OCH3 is 2. The molecular formula is C12H16BrN3O3S. The molecule has 0 unspecified atom stereocenters. The van der Waals surface area contributed by atoms with Crippen molar-refractivity contribution in [1.82, 2.24) is 10.7 Å². The number of halogens is 1. The first-order valence-electron chi connectivity index (χ1n) is 5.70. The number of thiocarbonyl (C=S) groups is 1. The second kappa shape index (κ2) is 8.72. The van der Waals surface area contributed by atoms with E-state index in [9.17, 15) is 5.11 Å². The maximum atomic E-state index is 9.69. The molecule has 0 bridgehead atoms. The summed E-state index contributed by atoms with van der Waals surface area (Å²) < 4.78 is 10.6. The van der Waals surface area contributed by atoms with Crippen LogP contribution < -0.4 is 15.5 Å². The highest BCUT2D eigenvalue weighted by atomic mass is 79.9. The molecule has 0 aliphatic carbocycles. The smallest absolute Gasteiger partial charge is 0.187 e. The second-order valence-corrected chi connectivity index (χ2v) is 4.93. The number of nitrogens with zero attached hydrogens (tertiary/aromatic N) is 1. The molecule has 0 radical (unpaired) electrons. The fourth-order valence-electron chi connectivity index (χ4n) is 1.29. The van der Waals surface area contributed by atoms with E-state index in [0.29, 0.717) is 29.6 Å². The van der Waals surface area contributed by atoms with E-state index in [1.54, 1.807) is 13.2 Å². The van der Waals surface area contributed by atoms with E-state index in [2.05, 4.69) is 31.8 Å². The zero-order valence-electron chi connectivity index (χ0n) is 11.1. The van der Waals surface area contributed by atoms with Gasteiger partial charge < -0.3 is 19.9 Å². The van der Waals surface area contributed by atoms with E-state index < -0.39 is 0 Å². The highest BCUT2D eigenvalue weighted by Gasteiger charge is 2.06. The minimum absolute atomic E-state index is 0.0398. The van der Waals surface area contributed by atoms with Crippen molar-refractivity contribution < 1.29 is 14.6 Å². The topological polar surface area (TPSA) is 75.1 Å². The lowest BCUT2D eigenvalue weighted by Gasteiger charge is -2.07. The average Bonchev–Trinajstić information content (AvgIpc) is 2.42. The van der Waals surface area contributed by atoms with Gasteiger partial charge in [0.15, 0.2) is 16.6 Å². The van der Waals surface area contributed by atoms with E-state index in [1.807, 2.05) is 0 Å². The summed E-state index contributed by atoms with van der Waals surface area (Å²) in [5, 5.41) is 17.0. The van der Waals surface area contributed by atoms with Gasteiger partial charge in [0.05, 0.1) is 19.9 Å². The molecule has 0 saturated carbocycles. The molecule has 0 aliphatic heterocycles. The van der Waals surface area contributed by atoms with Gasteiger partial charge in [0.25, 0.3) is 0 Å². The summed E-state index contributed by atoms with van der Waals surface area (Å²) in [4.78, 5) is 0. The Morgan fingerprint density at radius 1 is 1.50 bits per heavy atom. The Morgan fingerprint density at radius 2 is 2.25 bits per heavy atom. The lowest BCUT2D eigenvalue weighted by Crippen LogP contribution is -2.34. The minimum Gasteiger partial charge on any atom is -0.504 e. The van der Waals surface area contributed by atoms with Gasteiger partial charge in [-0.15, -0.1) is 0 Å². The van der Waals surface area contributed by atoms with E-state index in [1.165, 1.54) is 19.4 Å². The summed E-state index contributed by atoms with van der Waals surface area (Å²) in [7, 11) is 3.10. The van der Waals surface area contributed by atoms with Crippen molar-refractivity contribution in [2.24, 2.45) is 5.10 Å². The lowest BCUT2D eigenvalue weighted by molar-refractivity contribution is 0.204. The number of phenolic OH excluding ortho intramolecular Hbond substituents is 1. The van der Waals surface area contributed by atoms with Crippen LogP contribution in [0.25, 0.3) is 0 Å². The third-order valence-electron chi connectivity index (χ3n) is 2.26. The van der Waals surface area contributed by atoms with Crippen LogP contribution in [0.1, 0.15) is 5.56 Å². The molecule has 1 rings (SSSR count). The summed E-state index contributed by atoms with van der Waals surface area (Å²) >= 11 is 8.37. The first-order valence-corrected chi connectivity index (χ1v) is 6.91. The molecule has 0 heterocycles. The third kappa shape index (κ3) is 5.32. The van der Waals surface area contributed by atoms with Gasteiger partial charge in [-0.25, -0.2) is 0 Å². The fourth-order valence-corrected chi connectivity index (χ4v) is 1.87. The molecular weight excluding hydrogens is 346 g/mol. The molecule has 0 amide bonds. The second-order valence-electron chi connectivity index (χ2n) is 3.66. The van der Waals surface area contributed by atoms with E-state index in [0.717, 1.165) is 4.47 Å². The van der Waals surface area contributed by atoms with Crippen LogP contribution >= 0.6 is 28.1 Å². The fraction of sp³-hybridized carbons (Fsp3) is 0.333. The first-order chi connectivity index (χ1) is 9.58. The quantitative estimate of drug-likeness (QED) is 0.309. The van der Waals surface area contributed by atoms with E-state index in [-0.39, 0.29) is 5.75 Å². The Labute approximate surface area is 131 Å². The Morgan fingerprint density at radius 3 is 2.90 bits per heavy atom. The summed E-state index contributed by atoms with van der Waals surface area (Å²) in [5.41, 5.74) is 3.36. The molecule has 3 N–H and O–H groups in total. The van der Waals surface area contributed by atoms with Gasteiger partial charge in [-0.1, -0.05) is 0 Å². The van der Waals surface area contributed by atoms with Gasteiger partial charge in [-0.05, 0) is 40.3 Å². The summed E-state index contributed by atoms with van der Waals surface area (Å²) in [6.07, 6.45) is 1.54. The van der Waals surface area contributed by atoms with Crippen molar-refractivity contribution in [3.05, 3.63) is 22.2 Å². The molecule has 6 nitrogen and oxygen atoms in total. The van der Waals surface area contributed by atoms with Gasteiger partial charge in [0.1, 0.15) is 0 Å². The maximum absolute atomic E-state index is 9.69. The van der Waals surface area contributed by atoms with Crippen molar-refractivity contribution in [3.8, 4) is 11.5 Å². The summed E-state index contributed by atoms with van der Waals surface area (Å²) in [5.74, 6) is 0.427. The van der Waals surface area contributed by atoms with Crippen LogP contribution in [0.15, 0.2) is 21.7 Å². The number of nitrogens with one attached hydrogen (secondary N) is 2.